The molecule has 148 valence electrons. The van der Waals surface area contributed by atoms with Crippen LogP contribution < -0.4 is 15.4 Å². The van der Waals surface area contributed by atoms with E-state index in [0.717, 1.165) is 0 Å². The number of nitro groups is 1. The minimum Gasteiger partial charge on any atom is -0.482 e. The van der Waals surface area contributed by atoms with Crippen molar-refractivity contribution in [3.05, 3.63) is 28.3 Å². The fraction of sp³-hybridized carbons (Fsp3) is 0.529. The summed E-state index contributed by atoms with van der Waals surface area (Å²) < 4.78 is 5.32. The molecule has 1 unspecified atom stereocenters. The molecule has 2 aliphatic rings. The minimum atomic E-state index is -0.548. The van der Waals surface area contributed by atoms with Crippen LogP contribution in [0.15, 0.2) is 18.2 Å². The van der Waals surface area contributed by atoms with Crippen molar-refractivity contribution in [1.82, 2.24) is 4.90 Å². The summed E-state index contributed by atoms with van der Waals surface area (Å²) in [6.07, 6.45) is 0.692. The largest absolute Gasteiger partial charge is 0.482 e. The lowest BCUT2D eigenvalue weighted by atomic mass is 9.79. The Bertz CT molecular complexity index is 770. The van der Waals surface area contributed by atoms with Gasteiger partial charge in [0.2, 0.25) is 5.91 Å². The van der Waals surface area contributed by atoms with E-state index in [4.69, 9.17) is 10.5 Å². The molecule has 1 atom stereocenters. The number of benzene rings is 1. The van der Waals surface area contributed by atoms with E-state index in [2.05, 4.69) is 0 Å². The molecule has 2 heterocycles. The number of carbonyl (C=O) groups is 2. The van der Waals surface area contributed by atoms with Crippen LogP contribution in [-0.2, 0) is 9.59 Å². The maximum Gasteiger partial charge on any atom is 0.271 e. The van der Waals surface area contributed by atoms with Crippen LogP contribution in [0.25, 0.3) is 0 Å². The number of piperidine rings is 1. The zero-order valence-corrected chi connectivity index (χ0v) is 16.0. The van der Waals surface area contributed by atoms with E-state index < -0.39 is 10.8 Å². The number of anilines is 1. The fourth-order valence-corrected chi connectivity index (χ4v) is 3.30. The smallest absolute Gasteiger partial charge is 0.271 e. The molecule has 0 radical (unpaired) electrons. The van der Waals surface area contributed by atoms with Crippen molar-refractivity contribution in [3.63, 3.8) is 0 Å². The van der Waals surface area contributed by atoms with Crippen molar-refractivity contribution < 1.29 is 19.2 Å². The summed E-state index contributed by atoms with van der Waals surface area (Å²) in [6.45, 7) is 4.68. The Hall–Kier alpha value is -2.39. The summed E-state index contributed by atoms with van der Waals surface area (Å²) in [5, 5.41) is 11.0. The van der Waals surface area contributed by atoms with Gasteiger partial charge in [0.1, 0.15) is 12.3 Å². The average molecular weight is 399 g/mol. The van der Waals surface area contributed by atoms with Crippen molar-refractivity contribution >= 4 is 35.6 Å². The molecule has 10 heteroatoms. The normalized spacial score (nSPS) is 21.0. The quantitative estimate of drug-likeness (QED) is 0.606. The molecule has 1 aromatic rings. The summed E-state index contributed by atoms with van der Waals surface area (Å²) in [5.74, 6) is -0.263. The lowest BCUT2D eigenvalue weighted by molar-refractivity contribution is -0.384. The van der Waals surface area contributed by atoms with Gasteiger partial charge in [-0.2, -0.15) is 0 Å². The number of amides is 2. The molecule has 1 saturated heterocycles. The number of hydrogen-bond acceptors (Lipinski definition) is 6. The number of hydrogen-bond donors (Lipinski definition) is 1. The number of nitro benzene ring substituents is 1. The zero-order chi connectivity index (χ0) is 19.1. The van der Waals surface area contributed by atoms with Crippen LogP contribution in [0.2, 0.25) is 0 Å². The lowest BCUT2D eigenvalue weighted by Gasteiger charge is -2.43. The Kier molecular flexibility index (Phi) is 5.96. The monoisotopic (exact) mass is 398 g/mol. The summed E-state index contributed by atoms with van der Waals surface area (Å²) in [5.41, 5.74) is 5.98. The Labute approximate surface area is 163 Å². The minimum absolute atomic E-state index is 0. The third kappa shape index (κ3) is 4.14. The Morgan fingerprint density at radius 3 is 2.78 bits per heavy atom. The molecule has 0 saturated carbocycles. The van der Waals surface area contributed by atoms with Gasteiger partial charge in [0.05, 0.1) is 10.6 Å². The number of fused-ring (bicyclic) bond motifs is 1. The summed E-state index contributed by atoms with van der Waals surface area (Å²) >= 11 is 0. The topological polar surface area (TPSA) is 119 Å². The first kappa shape index (κ1) is 20.9. The molecular weight excluding hydrogens is 376 g/mol. The van der Waals surface area contributed by atoms with Gasteiger partial charge in [0, 0.05) is 31.3 Å². The Morgan fingerprint density at radius 1 is 1.44 bits per heavy atom. The van der Waals surface area contributed by atoms with Gasteiger partial charge < -0.3 is 15.4 Å². The molecule has 0 bridgehead atoms. The van der Waals surface area contributed by atoms with Crippen LogP contribution in [-0.4, -0.2) is 53.9 Å². The number of non-ortho nitro benzene ring substituents is 1. The van der Waals surface area contributed by atoms with Crippen LogP contribution in [0.4, 0.5) is 11.4 Å². The van der Waals surface area contributed by atoms with Gasteiger partial charge in [-0.05, 0) is 17.9 Å². The lowest BCUT2D eigenvalue weighted by Crippen LogP contribution is -2.56. The van der Waals surface area contributed by atoms with Gasteiger partial charge in [-0.25, -0.2) is 0 Å². The number of rotatable bonds is 3. The van der Waals surface area contributed by atoms with Crippen LogP contribution in [0, 0.1) is 15.5 Å². The molecule has 1 aromatic carbocycles. The Balaban J connectivity index is 0.00000261. The highest BCUT2D eigenvalue weighted by Crippen LogP contribution is 2.35. The second-order valence-corrected chi connectivity index (χ2v) is 7.38. The number of nitrogens with two attached hydrogens (primary N) is 1. The molecule has 1 fully saturated rings. The highest BCUT2D eigenvalue weighted by Gasteiger charge is 2.37. The van der Waals surface area contributed by atoms with Crippen molar-refractivity contribution in [3.8, 4) is 5.75 Å². The molecular formula is C17H23ClN4O5. The zero-order valence-electron chi connectivity index (χ0n) is 15.2. The van der Waals surface area contributed by atoms with Crippen LogP contribution >= 0.6 is 12.4 Å². The van der Waals surface area contributed by atoms with Gasteiger partial charge >= 0.3 is 0 Å². The first-order chi connectivity index (χ1) is 12.2. The van der Waals surface area contributed by atoms with E-state index in [0.29, 0.717) is 25.3 Å². The van der Waals surface area contributed by atoms with E-state index in [1.165, 1.54) is 23.1 Å². The average Bonchev–Trinajstić information content (AvgIpc) is 2.59. The van der Waals surface area contributed by atoms with E-state index in [1.54, 1.807) is 4.90 Å². The van der Waals surface area contributed by atoms with Crippen LogP contribution in [0.3, 0.4) is 0 Å². The van der Waals surface area contributed by atoms with Crippen LogP contribution in [0.1, 0.15) is 20.3 Å². The van der Waals surface area contributed by atoms with Crippen molar-refractivity contribution in [2.75, 3.05) is 31.1 Å². The van der Waals surface area contributed by atoms with Crippen molar-refractivity contribution in [1.29, 1.82) is 0 Å². The molecule has 0 aliphatic carbocycles. The molecule has 2 amide bonds. The van der Waals surface area contributed by atoms with E-state index >= 15 is 0 Å². The molecule has 0 aromatic heterocycles. The summed E-state index contributed by atoms with van der Waals surface area (Å²) in [7, 11) is 0. The van der Waals surface area contributed by atoms with Gasteiger partial charge in [-0.3, -0.25) is 24.6 Å². The van der Waals surface area contributed by atoms with Crippen molar-refractivity contribution in [2.24, 2.45) is 11.1 Å². The van der Waals surface area contributed by atoms with E-state index in [-0.39, 0.29) is 54.3 Å². The maximum atomic E-state index is 12.8. The maximum absolute atomic E-state index is 12.8. The van der Waals surface area contributed by atoms with Gasteiger partial charge in [0.15, 0.2) is 6.61 Å². The number of likely N-dealkylation sites (tertiary alicyclic amines) is 1. The number of ether oxygens (including phenoxy) is 1. The van der Waals surface area contributed by atoms with Gasteiger partial charge in [-0.1, -0.05) is 13.8 Å². The molecule has 2 aliphatic heterocycles. The third-order valence-corrected chi connectivity index (χ3v) is 5.05. The third-order valence-electron chi connectivity index (χ3n) is 5.05. The van der Waals surface area contributed by atoms with Gasteiger partial charge in [0.25, 0.3) is 11.6 Å². The van der Waals surface area contributed by atoms with Crippen LogP contribution in [0.5, 0.6) is 5.75 Å². The molecule has 9 nitrogen and oxygen atoms in total. The first-order valence-corrected chi connectivity index (χ1v) is 8.44. The molecule has 2 N–H and O–H groups in total. The summed E-state index contributed by atoms with van der Waals surface area (Å²) in [6, 6.07) is 4.03. The van der Waals surface area contributed by atoms with Gasteiger partial charge in [-0.15, -0.1) is 12.4 Å². The molecule has 0 spiro atoms. The predicted octanol–water partition coefficient (Wildman–Crippen LogP) is 1.33. The predicted molar refractivity (Wildman–Crippen MR) is 101 cm³/mol. The second-order valence-electron chi connectivity index (χ2n) is 7.38. The van der Waals surface area contributed by atoms with Crippen molar-refractivity contribution in [2.45, 2.75) is 26.3 Å². The summed E-state index contributed by atoms with van der Waals surface area (Å²) in [4.78, 5) is 38.5. The van der Waals surface area contributed by atoms with E-state index in [1.807, 2.05) is 13.8 Å². The SMILES string of the molecule is CC1(C)CN(C(=O)CN2C(=O)COc3ccc([N+](=O)[O-])cc32)CCC1N.Cl. The highest BCUT2D eigenvalue weighted by molar-refractivity contribution is 6.02. The number of nitrogens with zero attached hydrogens (tertiary/aromatic N) is 3. The number of halogens is 1. The molecule has 27 heavy (non-hydrogen) atoms. The molecule has 3 rings (SSSR count). The number of carbonyl (C=O) groups excluding carboxylic acids is 2. The first-order valence-electron chi connectivity index (χ1n) is 8.44. The highest BCUT2D eigenvalue weighted by atomic mass is 35.5. The second kappa shape index (κ2) is 7.69. The fourth-order valence-electron chi connectivity index (χ4n) is 3.30. The Morgan fingerprint density at radius 2 is 2.15 bits per heavy atom. The standard InChI is InChI=1S/C17H22N4O5.ClH/c1-17(2)10-19(6-5-14(17)18)15(22)8-20-12-7-11(21(24)25)3-4-13(12)26-9-16(20)23;/h3-4,7,14H,5-6,8-10,18H2,1-2H3;1H. The van der Waals surface area contributed by atoms with E-state index in [9.17, 15) is 19.7 Å².